The van der Waals surface area contributed by atoms with Gasteiger partial charge in [0.25, 0.3) is 11.8 Å². The Hall–Kier alpha value is -2.74. The van der Waals surface area contributed by atoms with Gasteiger partial charge >= 0.3 is 0 Å². The lowest BCUT2D eigenvalue weighted by molar-refractivity contribution is 0.0920. The van der Waals surface area contributed by atoms with Gasteiger partial charge in [-0.05, 0) is 58.8 Å². The fourth-order valence-electron chi connectivity index (χ4n) is 3.01. The molecule has 1 aliphatic heterocycles. The third kappa shape index (κ3) is 4.91. The van der Waals surface area contributed by atoms with E-state index in [9.17, 15) is 9.59 Å². The second kappa shape index (κ2) is 7.87. The minimum absolute atomic E-state index is 0.236. The summed E-state index contributed by atoms with van der Waals surface area (Å²) in [6.45, 7) is 7.59. The van der Waals surface area contributed by atoms with Crippen LogP contribution in [0.2, 0.25) is 0 Å². The summed E-state index contributed by atoms with van der Waals surface area (Å²) in [5.74, 6) is -0.622. The Morgan fingerprint density at radius 3 is 2.56 bits per heavy atom. The smallest absolute Gasteiger partial charge is 0.277 e. The molecule has 8 nitrogen and oxygen atoms in total. The van der Waals surface area contributed by atoms with Gasteiger partial charge in [0.15, 0.2) is 5.69 Å². The molecule has 1 saturated heterocycles. The normalized spacial score (nSPS) is 15.4. The van der Waals surface area contributed by atoms with E-state index < -0.39 is 0 Å². The molecule has 0 unspecified atom stereocenters. The highest BCUT2D eigenvalue weighted by Gasteiger charge is 2.21. The van der Waals surface area contributed by atoms with Crippen LogP contribution >= 0.6 is 0 Å². The first-order chi connectivity index (χ1) is 12.8. The lowest BCUT2D eigenvalue weighted by atomic mass is 10.1. The molecule has 0 atom stereocenters. The number of benzene rings is 1. The van der Waals surface area contributed by atoms with Gasteiger partial charge in [0.05, 0.1) is 23.5 Å². The molecule has 1 aliphatic rings. The molecule has 1 aromatic heterocycles. The molecule has 2 amide bonds. The van der Waals surface area contributed by atoms with Gasteiger partial charge in [-0.25, -0.2) is 4.68 Å². The number of aromatic nitrogens is 3. The van der Waals surface area contributed by atoms with Crippen molar-refractivity contribution in [2.45, 2.75) is 45.2 Å². The van der Waals surface area contributed by atoms with Crippen molar-refractivity contribution in [1.82, 2.24) is 25.6 Å². The van der Waals surface area contributed by atoms with Crippen molar-refractivity contribution in [1.29, 1.82) is 0 Å². The molecular weight excluding hydrogens is 344 g/mol. The Balaban J connectivity index is 1.73. The van der Waals surface area contributed by atoms with E-state index in [2.05, 4.69) is 26.3 Å². The molecule has 1 aromatic carbocycles. The summed E-state index contributed by atoms with van der Waals surface area (Å²) in [7, 11) is 0. The molecule has 2 aromatic rings. The Labute approximate surface area is 158 Å². The van der Waals surface area contributed by atoms with Gasteiger partial charge in [0, 0.05) is 5.54 Å². The maximum absolute atomic E-state index is 12.6. The van der Waals surface area contributed by atoms with Crippen LogP contribution in [0.15, 0.2) is 30.5 Å². The largest absolute Gasteiger partial charge is 0.347 e. The van der Waals surface area contributed by atoms with Crippen LogP contribution in [0.1, 0.15) is 60.5 Å². The first kappa shape index (κ1) is 19.0. The zero-order valence-corrected chi connectivity index (χ0v) is 16.0. The molecule has 0 saturated carbocycles. The number of carbonyl (C=O) groups is 2. The van der Waals surface area contributed by atoms with Crippen LogP contribution in [0.25, 0.3) is 0 Å². The summed E-state index contributed by atoms with van der Waals surface area (Å²) in [5, 5.41) is 17.1. The van der Waals surface area contributed by atoms with E-state index in [4.69, 9.17) is 0 Å². The highest BCUT2D eigenvalue weighted by Crippen LogP contribution is 2.19. The van der Waals surface area contributed by atoms with Gasteiger partial charge in [0.1, 0.15) is 0 Å². The predicted molar refractivity (Wildman–Crippen MR) is 103 cm³/mol. The first-order valence-corrected chi connectivity index (χ1v) is 9.19. The zero-order valence-electron chi connectivity index (χ0n) is 16.0. The highest BCUT2D eigenvalue weighted by atomic mass is 16.2. The van der Waals surface area contributed by atoms with Crippen molar-refractivity contribution in [3.8, 4) is 0 Å². The molecule has 0 spiro atoms. The maximum Gasteiger partial charge on any atom is 0.277 e. The number of amides is 2. The summed E-state index contributed by atoms with van der Waals surface area (Å²) in [4.78, 5) is 25.1. The predicted octanol–water partition coefficient (Wildman–Crippen LogP) is 1.98. The molecule has 1 fully saturated rings. The quantitative estimate of drug-likeness (QED) is 0.764. The molecule has 3 N–H and O–H groups in total. The number of hydrogen-bond acceptors (Lipinski definition) is 5. The minimum atomic E-state index is -0.383. The molecule has 8 heteroatoms. The second-order valence-electron chi connectivity index (χ2n) is 7.77. The van der Waals surface area contributed by atoms with E-state index in [1.165, 1.54) is 0 Å². The van der Waals surface area contributed by atoms with Crippen LogP contribution < -0.4 is 16.0 Å². The fraction of sp³-hybridized carbons (Fsp3) is 0.474. The summed E-state index contributed by atoms with van der Waals surface area (Å²) >= 11 is 0. The van der Waals surface area contributed by atoms with Gasteiger partial charge in [-0.3, -0.25) is 9.59 Å². The maximum atomic E-state index is 12.6. The number of nitrogens with one attached hydrogen (secondary N) is 3. The number of rotatable bonds is 4. The molecular formula is C19H26N6O2. The number of nitrogens with zero attached hydrogens (tertiary/aromatic N) is 3. The van der Waals surface area contributed by atoms with Crippen molar-refractivity contribution in [2.75, 3.05) is 18.4 Å². The zero-order chi connectivity index (χ0) is 19.4. The number of piperidine rings is 1. The van der Waals surface area contributed by atoms with E-state index in [1.54, 1.807) is 35.1 Å². The van der Waals surface area contributed by atoms with Crippen molar-refractivity contribution >= 4 is 17.5 Å². The van der Waals surface area contributed by atoms with Crippen LogP contribution in [-0.2, 0) is 0 Å². The van der Waals surface area contributed by atoms with Gasteiger partial charge in [0.2, 0.25) is 0 Å². The van der Waals surface area contributed by atoms with Crippen LogP contribution in [-0.4, -0.2) is 45.4 Å². The molecule has 144 valence electrons. The van der Waals surface area contributed by atoms with E-state index in [0.29, 0.717) is 11.3 Å². The minimum Gasteiger partial charge on any atom is -0.347 e. The number of hydrogen-bond donors (Lipinski definition) is 3. The Morgan fingerprint density at radius 2 is 1.85 bits per heavy atom. The summed E-state index contributed by atoms with van der Waals surface area (Å²) in [6.07, 6.45) is 3.59. The van der Waals surface area contributed by atoms with Crippen LogP contribution in [0, 0.1) is 0 Å². The Morgan fingerprint density at radius 1 is 1.15 bits per heavy atom. The van der Waals surface area contributed by atoms with Crippen molar-refractivity contribution in [3.63, 3.8) is 0 Å². The Kier molecular flexibility index (Phi) is 5.55. The molecule has 3 rings (SSSR count). The summed E-state index contributed by atoms with van der Waals surface area (Å²) in [5.41, 5.74) is 0.720. The molecule has 27 heavy (non-hydrogen) atoms. The number of anilines is 1. The molecule has 0 radical (unpaired) electrons. The van der Waals surface area contributed by atoms with Crippen molar-refractivity contribution in [3.05, 3.63) is 41.7 Å². The SMILES string of the molecule is CC(C)(C)NC(=O)c1ccccc1NC(=O)c1cn(C2CCNCC2)nn1. The van der Waals surface area contributed by atoms with Gasteiger partial charge in [-0.1, -0.05) is 17.3 Å². The van der Waals surface area contributed by atoms with E-state index in [-0.39, 0.29) is 29.1 Å². The molecule has 2 heterocycles. The lowest BCUT2D eigenvalue weighted by Crippen LogP contribution is -2.40. The van der Waals surface area contributed by atoms with Crippen LogP contribution in [0.3, 0.4) is 0 Å². The van der Waals surface area contributed by atoms with Crippen molar-refractivity contribution < 1.29 is 9.59 Å². The monoisotopic (exact) mass is 370 g/mol. The highest BCUT2D eigenvalue weighted by molar-refractivity contribution is 6.08. The van der Waals surface area contributed by atoms with E-state index >= 15 is 0 Å². The average molecular weight is 370 g/mol. The third-order valence-electron chi connectivity index (χ3n) is 4.33. The van der Waals surface area contributed by atoms with E-state index in [0.717, 1.165) is 25.9 Å². The topological polar surface area (TPSA) is 101 Å². The van der Waals surface area contributed by atoms with Crippen LogP contribution in [0.4, 0.5) is 5.69 Å². The van der Waals surface area contributed by atoms with Crippen molar-refractivity contribution in [2.24, 2.45) is 0 Å². The first-order valence-electron chi connectivity index (χ1n) is 9.19. The lowest BCUT2D eigenvalue weighted by Gasteiger charge is -2.22. The standard InChI is InChI=1S/C19H26N6O2/c1-19(2,3)22-17(26)14-6-4-5-7-15(14)21-18(27)16-12-25(24-23-16)13-8-10-20-11-9-13/h4-7,12-13,20H,8-11H2,1-3H3,(H,21,27)(H,22,26). The Bertz CT molecular complexity index is 818. The van der Waals surface area contributed by atoms with Gasteiger partial charge in [-0.15, -0.1) is 5.10 Å². The van der Waals surface area contributed by atoms with Crippen LogP contribution in [0.5, 0.6) is 0 Å². The second-order valence-corrected chi connectivity index (χ2v) is 7.77. The molecule has 0 aliphatic carbocycles. The van der Waals surface area contributed by atoms with Gasteiger partial charge in [-0.2, -0.15) is 0 Å². The molecule has 0 bridgehead atoms. The fourth-order valence-corrected chi connectivity index (χ4v) is 3.01. The summed E-state index contributed by atoms with van der Waals surface area (Å²) < 4.78 is 1.76. The summed E-state index contributed by atoms with van der Waals surface area (Å²) in [6, 6.07) is 7.18. The number of para-hydroxylation sites is 1. The average Bonchev–Trinajstić information content (AvgIpc) is 3.12. The third-order valence-corrected chi connectivity index (χ3v) is 4.33. The van der Waals surface area contributed by atoms with Gasteiger partial charge < -0.3 is 16.0 Å². The number of carbonyl (C=O) groups excluding carboxylic acids is 2. The van der Waals surface area contributed by atoms with E-state index in [1.807, 2.05) is 20.8 Å².